The number of guanidine groups is 1. The van der Waals surface area contributed by atoms with Gasteiger partial charge in [0, 0.05) is 25.8 Å². The SMILES string of the molecule is CCNC(=NCc1ccnc(N2CCCCC2)c1)NCC1COc2ccccc2O1. The standard InChI is InChI=1S/C23H31N5O2/c1-2-24-23(27-16-19-17-29-20-8-4-5-9-21(20)30-19)26-15-18-10-11-25-22(14-18)28-12-6-3-7-13-28/h4-5,8-11,14,19H,2-3,6-7,12-13,15-17H2,1H3,(H2,24,26,27). The fourth-order valence-electron chi connectivity index (χ4n) is 3.74. The first-order valence-corrected chi connectivity index (χ1v) is 10.9. The molecule has 0 saturated carbocycles. The van der Waals surface area contributed by atoms with E-state index in [2.05, 4.69) is 33.5 Å². The Kier molecular flexibility index (Phi) is 6.90. The summed E-state index contributed by atoms with van der Waals surface area (Å²) in [6.07, 6.45) is 5.64. The van der Waals surface area contributed by atoms with Crippen LogP contribution in [0.15, 0.2) is 47.6 Å². The topological polar surface area (TPSA) is 71.0 Å². The van der Waals surface area contributed by atoms with E-state index in [1.165, 1.54) is 19.3 Å². The molecule has 1 aromatic heterocycles. The highest BCUT2D eigenvalue weighted by molar-refractivity contribution is 5.79. The van der Waals surface area contributed by atoms with Gasteiger partial charge >= 0.3 is 0 Å². The molecule has 30 heavy (non-hydrogen) atoms. The third-order valence-corrected chi connectivity index (χ3v) is 5.32. The van der Waals surface area contributed by atoms with Crippen LogP contribution in [0.2, 0.25) is 0 Å². The highest BCUT2D eigenvalue weighted by Crippen LogP contribution is 2.30. The summed E-state index contributed by atoms with van der Waals surface area (Å²) >= 11 is 0. The smallest absolute Gasteiger partial charge is 0.191 e. The first-order valence-electron chi connectivity index (χ1n) is 10.9. The van der Waals surface area contributed by atoms with Crippen molar-refractivity contribution in [1.82, 2.24) is 15.6 Å². The highest BCUT2D eigenvalue weighted by atomic mass is 16.6. The van der Waals surface area contributed by atoms with Crippen LogP contribution in [0.3, 0.4) is 0 Å². The summed E-state index contributed by atoms with van der Waals surface area (Å²) in [5.41, 5.74) is 1.16. The molecule has 0 aliphatic carbocycles. The number of pyridine rings is 1. The molecular weight excluding hydrogens is 378 g/mol. The first kappa shape index (κ1) is 20.3. The molecule has 160 valence electrons. The van der Waals surface area contributed by atoms with Crippen molar-refractivity contribution in [2.45, 2.75) is 38.8 Å². The molecule has 1 saturated heterocycles. The number of piperidine rings is 1. The minimum absolute atomic E-state index is 0.0598. The molecule has 2 aliphatic rings. The van der Waals surface area contributed by atoms with Gasteiger partial charge in [-0.2, -0.15) is 0 Å². The van der Waals surface area contributed by atoms with Gasteiger partial charge in [-0.15, -0.1) is 0 Å². The van der Waals surface area contributed by atoms with Crippen LogP contribution in [0.5, 0.6) is 11.5 Å². The predicted octanol–water partition coefficient (Wildman–Crippen LogP) is 2.97. The third kappa shape index (κ3) is 5.34. The third-order valence-electron chi connectivity index (χ3n) is 5.32. The number of hydrogen-bond acceptors (Lipinski definition) is 5. The first-order chi connectivity index (χ1) is 14.8. The number of para-hydroxylation sites is 2. The quantitative estimate of drug-likeness (QED) is 0.565. The molecule has 0 radical (unpaired) electrons. The van der Waals surface area contributed by atoms with Gasteiger partial charge in [0.1, 0.15) is 18.5 Å². The van der Waals surface area contributed by atoms with Gasteiger partial charge in [-0.1, -0.05) is 12.1 Å². The maximum atomic E-state index is 6.02. The van der Waals surface area contributed by atoms with E-state index in [0.717, 1.165) is 48.5 Å². The van der Waals surface area contributed by atoms with Gasteiger partial charge in [0.25, 0.3) is 0 Å². The van der Waals surface area contributed by atoms with Crippen LogP contribution in [0.25, 0.3) is 0 Å². The molecule has 3 heterocycles. The Bertz CT molecular complexity index is 851. The molecule has 7 nitrogen and oxygen atoms in total. The van der Waals surface area contributed by atoms with Crippen molar-refractivity contribution in [1.29, 1.82) is 0 Å². The van der Waals surface area contributed by atoms with Crippen LogP contribution in [0.1, 0.15) is 31.7 Å². The Hall–Kier alpha value is -2.96. The summed E-state index contributed by atoms with van der Waals surface area (Å²) in [6.45, 7) is 6.79. The molecule has 0 bridgehead atoms. The van der Waals surface area contributed by atoms with Gasteiger partial charge in [0.05, 0.1) is 13.1 Å². The summed E-state index contributed by atoms with van der Waals surface area (Å²) in [7, 11) is 0. The van der Waals surface area contributed by atoms with E-state index in [-0.39, 0.29) is 6.10 Å². The molecule has 2 aromatic rings. The molecule has 2 N–H and O–H groups in total. The lowest BCUT2D eigenvalue weighted by Gasteiger charge is -2.28. The predicted molar refractivity (Wildman–Crippen MR) is 119 cm³/mol. The van der Waals surface area contributed by atoms with Gasteiger partial charge in [-0.3, -0.25) is 0 Å². The van der Waals surface area contributed by atoms with Crippen molar-refractivity contribution in [2.75, 3.05) is 37.7 Å². The summed E-state index contributed by atoms with van der Waals surface area (Å²) in [5, 5.41) is 6.68. The minimum Gasteiger partial charge on any atom is -0.486 e. The van der Waals surface area contributed by atoms with Gasteiger partial charge in [0.2, 0.25) is 0 Å². The molecule has 0 amide bonds. The number of nitrogens with zero attached hydrogens (tertiary/aromatic N) is 3. The number of benzene rings is 1. The maximum Gasteiger partial charge on any atom is 0.191 e. The monoisotopic (exact) mass is 409 g/mol. The minimum atomic E-state index is -0.0598. The number of hydrogen-bond donors (Lipinski definition) is 2. The summed E-state index contributed by atoms with van der Waals surface area (Å²) in [4.78, 5) is 11.7. The van der Waals surface area contributed by atoms with E-state index >= 15 is 0 Å². The maximum absolute atomic E-state index is 6.02. The lowest BCUT2D eigenvalue weighted by atomic mass is 10.1. The number of anilines is 1. The normalized spacial score (nSPS) is 18.8. The zero-order valence-electron chi connectivity index (χ0n) is 17.6. The Labute approximate surface area is 178 Å². The molecule has 4 rings (SSSR count). The molecule has 0 spiro atoms. The largest absolute Gasteiger partial charge is 0.486 e. The second-order valence-corrected chi connectivity index (χ2v) is 7.64. The van der Waals surface area contributed by atoms with Crippen LogP contribution < -0.4 is 25.0 Å². The highest BCUT2D eigenvalue weighted by Gasteiger charge is 2.20. The lowest BCUT2D eigenvalue weighted by Crippen LogP contribution is -2.45. The van der Waals surface area contributed by atoms with E-state index in [0.29, 0.717) is 19.7 Å². The van der Waals surface area contributed by atoms with Crippen molar-refractivity contribution in [2.24, 2.45) is 4.99 Å². The fraction of sp³-hybridized carbons (Fsp3) is 0.478. The van der Waals surface area contributed by atoms with E-state index in [9.17, 15) is 0 Å². The van der Waals surface area contributed by atoms with Gasteiger partial charge in [-0.25, -0.2) is 9.98 Å². The van der Waals surface area contributed by atoms with Crippen molar-refractivity contribution >= 4 is 11.8 Å². The van der Waals surface area contributed by atoms with E-state index < -0.39 is 0 Å². The zero-order valence-corrected chi connectivity index (χ0v) is 17.6. The van der Waals surface area contributed by atoms with E-state index in [4.69, 9.17) is 14.5 Å². The van der Waals surface area contributed by atoms with Crippen LogP contribution in [0.4, 0.5) is 5.82 Å². The fourth-order valence-corrected chi connectivity index (χ4v) is 3.74. The zero-order chi connectivity index (χ0) is 20.6. The molecular formula is C23H31N5O2. The van der Waals surface area contributed by atoms with Crippen molar-refractivity contribution in [3.05, 3.63) is 48.2 Å². The van der Waals surface area contributed by atoms with Crippen molar-refractivity contribution < 1.29 is 9.47 Å². The molecule has 1 atom stereocenters. The average Bonchev–Trinajstić information content (AvgIpc) is 2.81. The molecule has 7 heteroatoms. The Balaban J connectivity index is 1.34. The number of aromatic nitrogens is 1. The Morgan fingerprint density at radius 1 is 1.13 bits per heavy atom. The van der Waals surface area contributed by atoms with E-state index in [1.807, 2.05) is 36.5 Å². The van der Waals surface area contributed by atoms with Crippen LogP contribution in [0, 0.1) is 0 Å². The van der Waals surface area contributed by atoms with Gasteiger partial charge in [-0.05, 0) is 56.0 Å². The number of fused-ring (bicyclic) bond motifs is 1. The Morgan fingerprint density at radius 2 is 1.97 bits per heavy atom. The number of aliphatic imine (C=N–C) groups is 1. The lowest BCUT2D eigenvalue weighted by molar-refractivity contribution is 0.0936. The summed E-state index contributed by atoms with van der Waals surface area (Å²) < 4.78 is 11.8. The number of ether oxygens (including phenoxy) is 2. The van der Waals surface area contributed by atoms with Gasteiger partial charge < -0.3 is 25.0 Å². The van der Waals surface area contributed by atoms with Crippen LogP contribution >= 0.6 is 0 Å². The Morgan fingerprint density at radius 3 is 2.80 bits per heavy atom. The van der Waals surface area contributed by atoms with Gasteiger partial charge in [0.15, 0.2) is 17.5 Å². The molecule has 2 aliphatic heterocycles. The average molecular weight is 410 g/mol. The van der Waals surface area contributed by atoms with Crippen LogP contribution in [-0.2, 0) is 6.54 Å². The summed E-state index contributed by atoms with van der Waals surface area (Å²) in [6, 6.07) is 12.0. The second-order valence-electron chi connectivity index (χ2n) is 7.64. The molecule has 1 fully saturated rings. The number of nitrogens with one attached hydrogen (secondary N) is 2. The molecule has 1 aromatic carbocycles. The second kappa shape index (κ2) is 10.2. The van der Waals surface area contributed by atoms with Crippen molar-refractivity contribution in [3.63, 3.8) is 0 Å². The number of rotatable bonds is 6. The van der Waals surface area contributed by atoms with Crippen LogP contribution in [-0.4, -0.2) is 49.8 Å². The summed E-state index contributed by atoms with van der Waals surface area (Å²) in [5.74, 6) is 3.43. The van der Waals surface area contributed by atoms with E-state index in [1.54, 1.807) is 0 Å². The van der Waals surface area contributed by atoms with Crippen molar-refractivity contribution in [3.8, 4) is 11.5 Å². The molecule has 1 unspecified atom stereocenters.